The van der Waals surface area contributed by atoms with E-state index in [4.69, 9.17) is 9.47 Å². The number of allylic oxidation sites excluding steroid dienone is 8. The minimum atomic E-state index is -0.446. The summed E-state index contributed by atoms with van der Waals surface area (Å²) in [6, 6.07) is 45.7. The Morgan fingerprint density at radius 3 is 1.89 bits per heavy atom. The highest BCUT2D eigenvalue weighted by Gasteiger charge is 2.52. The molecule has 0 fully saturated rings. The largest absolute Gasteiger partial charge is 0.449 e. The molecule has 0 unspecified atom stereocenters. The zero-order valence-electron chi connectivity index (χ0n) is 30.7. The van der Waals surface area contributed by atoms with Gasteiger partial charge in [0.25, 0.3) is 0 Å². The molecular weight excluding hydrogens is 659 g/mol. The number of ether oxygens (including phenoxy) is 2. The first-order chi connectivity index (χ1) is 26.6. The fourth-order valence-corrected chi connectivity index (χ4v) is 8.69. The zero-order chi connectivity index (χ0) is 36.8. The van der Waals surface area contributed by atoms with Gasteiger partial charge in [-0.05, 0) is 98.5 Å². The molecule has 0 atom stereocenters. The van der Waals surface area contributed by atoms with E-state index in [-0.39, 0.29) is 0 Å². The van der Waals surface area contributed by atoms with Crippen LogP contribution in [0.25, 0.3) is 27.8 Å². The number of hydrogen-bond acceptors (Lipinski definition) is 3. The molecule has 6 aromatic rings. The van der Waals surface area contributed by atoms with E-state index in [9.17, 15) is 0 Å². The molecule has 0 aromatic heterocycles. The van der Waals surface area contributed by atoms with Gasteiger partial charge in [-0.25, -0.2) is 0 Å². The predicted octanol–water partition coefficient (Wildman–Crippen LogP) is 13.2. The predicted molar refractivity (Wildman–Crippen MR) is 224 cm³/mol. The van der Waals surface area contributed by atoms with E-state index >= 15 is 0 Å². The van der Waals surface area contributed by atoms with Crippen LogP contribution in [0.3, 0.4) is 0 Å². The Labute approximate surface area is 318 Å². The van der Waals surface area contributed by atoms with Crippen LogP contribution in [-0.4, -0.2) is 7.05 Å². The van der Waals surface area contributed by atoms with Gasteiger partial charge in [-0.2, -0.15) is 0 Å². The molecule has 0 amide bonds. The van der Waals surface area contributed by atoms with E-state index < -0.39 is 5.41 Å². The molecule has 0 N–H and O–H groups in total. The summed E-state index contributed by atoms with van der Waals surface area (Å²) >= 11 is 0. The molecule has 0 saturated carbocycles. The zero-order valence-corrected chi connectivity index (χ0v) is 30.7. The highest BCUT2D eigenvalue weighted by Crippen LogP contribution is 2.64. The molecule has 3 aliphatic rings. The summed E-state index contributed by atoms with van der Waals surface area (Å²) in [6.45, 7) is 10.1. The lowest BCUT2D eigenvalue weighted by Crippen LogP contribution is -2.25. The van der Waals surface area contributed by atoms with Gasteiger partial charge in [0.15, 0.2) is 23.0 Å². The maximum atomic E-state index is 6.84. The van der Waals surface area contributed by atoms with Crippen LogP contribution < -0.4 is 14.4 Å². The summed E-state index contributed by atoms with van der Waals surface area (Å²) < 4.78 is 13.5. The first-order valence-electron chi connectivity index (χ1n) is 18.7. The number of nitrogens with zero attached hydrogens (tertiary/aromatic N) is 1. The van der Waals surface area contributed by atoms with Crippen molar-refractivity contribution in [3.05, 3.63) is 216 Å². The van der Waals surface area contributed by atoms with Crippen molar-refractivity contribution in [3.63, 3.8) is 0 Å². The van der Waals surface area contributed by atoms with Crippen LogP contribution in [-0.2, 0) is 11.8 Å². The lowest BCUT2D eigenvalue weighted by atomic mass is 9.70. The molecule has 3 nitrogen and oxygen atoms in total. The number of anilines is 1. The van der Waals surface area contributed by atoms with Crippen molar-refractivity contribution in [2.45, 2.75) is 25.2 Å². The maximum absolute atomic E-state index is 6.84. The number of para-hydroxylation sites is 1. The SMILES string of the molecule is C=C/C=C(\C=C)c1ccccc1N(C)/C(=C/C=C\CC)Cc1ccc2c(c1)Oc1cc3c(cc1O2)-c1ccccc1C31c2ccccc2-c2ccccc21. The van der Waals surface area contributed by atoms with Crippen molar-refractivity contribution in [1.82, 2.24) is 0 Å². The fraction of sp³-hybridized carbons (Fsp3) is 0.0980. The van der Waals surface area contributed by atoms with Crippen molar-refractivity contribution >= 4 is 11.3 Å². The Balaban J connectivity index is 1.10. The Morgan fingerprint density at radius 2 is 1.22 bits per heavy atom. The molecular formula is C51H41NO2. The monoisotopic (exact) mass is 699 g/mol. The Bertz CT molecular complexity index is 2540. The maximum Gasteiger partial charge on any atom is 0.170 e. The fourth-order valence-electron chi connectivity index (χ4n) is 8.69. The van der Waals surface area contributed by atoms with E-state index in [2.05, 4.69) is 172 Å². The van der Waals surface area contributed by atoms with Crippen molar-refractivity contribution in [3.8, 4) is 45.3 Å². The molecule has 1 heterocycles. The van der Waals surface area contributed by atoms with Crippen LogP contribution in [0.2, 0.25) is 0 Å². The molecule has 1 aliphatic heterocycles. The number of fused-ring (bicyclic) bond motifs is 12. The number of benzene rings is 6. The summed E-state index contributed by atoms with van der Waals surface area (Å²) in [7, 11) is 2.13. The van der Waals surface area contributed by atoms with Gasteiger partial charge in [-0.3, -0.25) is 0 Å². The molecule has 3 heteroatoms. The van der Waals surface area contributed by atoms with Gasteiger partial charge in [0, 0.05) is 30.4 Å². The Hall–Kier alpha value is -6.58. The third-order valence-electron chi connectivity index (χ3n) is 11.1. The molecule has 262 valence electrons. The van der Waals surface area contributed by atoms with Gasteiger partial charge < -0.3 is 14.4 Å². The lowest BCUT2D eigenvalue weighted by Gasteiger charge is -2.31. The molecule has 0 bridgehead atoms. The van der Waals surface area contributed by atoms with E-state index in [0.29, 0.717) is 17.9 Å². The van der Waals surface area contributed by atoms with Crippen LogP contribution in [0.5, 0.6) is 23.0 Å². The van der Waals surface area contributed by atoms with Gasteiger partial charge in [0.1, 0.15) is 0 Å². The van der Waals surface area contributed by atoms with E-state index in [1.807, 2.05) is 18.2 Å². The highest BCUT2D eigenvalue weighted by atomic mass is 16.6. The highest BCUT2D eigenvalue weighted by molar-refractivity contribution is 5.96. The van der Waals surface area contributed by atoms with Gasteiger partial charge in [0.2, 0.25) is 0 Å². The second-order valence-electron chi connectivity index (χ2n) is 14.0. The van der Waals surface area contributed by atoms with Crippen LogP contribution in [0.15, 0.2) is 183 Å². The van der Waals surface area contributed by atoms with Crippen LogP contribution >= 0.6 is 0 Å². The van der Waals surface area contributed by atoms with Crippen molar-refractivity contribution in [2.75, 3.05) is 11.9 Å². The Morgan fingerprint density at radius 1 is 0.630 bits per heavy atom. The van der Waals surface area contributed by atoms with E-state index in [1.54, 1.807) is 6.08 Å². The molecule has 0 radical (unpaired) electrons. The van der Waals surface area contributed by atoms with Gasteiger partial charge >= 0.3 is 0 Å². The first-order valence-corrected chi connectivity index (χ1v) is 18.7. The average Bonchev–Trinajstić information content (AvgIpc) is 3.67. The smallest absolute Gasteiger partial charge is 0.170 e. The number of rotatable bonds is 9. The van der Waals surface area contributed by atoms with Crippen LogP contribution in [0.4, 0.5) is 5.69 Å². The lowest BCUT2D eigenvalue weighted by molar-refractivity contribution is 0.359. The molecule has 6 aromatic carbocycles. The average molecular weight is 700 g/mol. The van der Waals surface area contributed by atoms with Gasteiger partial charge in [-0.1, -0.05) is 148 Å². The third kappa shape index (κ3) is 5.11. The first kappa shape index (κ1) is 33.3. The summed E-state index contributed by atoms with van der Waals surface area (Å²) in [4.78, 5) is 2.26. The minimum absolute atomic E-state index is 0.446. The normalized spacial score (nSPS) is 14.3. The summed E-state index contributed by atoms with van der Waals surface area (Å²) in [6.07, 6.45) is 13.9. The molecule has 9 rings (SSSR count). The minimum Gasteiger partial charge on any atom is -0.449 e. The van der Waals surface area contributed by atoms with Crippen molar-refractivity contribution < 1.29 is 9.47 Å². The number of hydrogen-bond donors (Lipinski definition) is 0. The van der Waals surface area contributed by atoms with Crippen LogP contribution in [0.1, 0.15) is 46.7 Å². The standard InChI is InChI=1S/C51H41NO2/c1-5-8-9-19-36(52(4)46-27-17-13-20-37(46)35(7-3)18-6-2)30-34-28-29-47-48(31-34)54-50-33-45-41(32-49(50)53-47)40-23-12-16-26-44(40)51(45)42-24-14-10-21-38(42)39-22-11-15-25-43(39)51/h6-29,31-33H,2-3,5,30H2,1,4H3/b9-8-,35-18+,36-19+. The third-order valence-corrected chi connectivity index (χ3v) is 11.1. The second kappa shape index (κ2) is 13.4. The van der Waals surface area contributed by atoms with Crippen LogP contribution in [0, 0.1) is 0 Å². The second-order valence-corrected chi connectivity index (χ2v) is 14.0. The molecule has 0 saturated heterocycles. The van der Waals surface area contributed by atoms with E-state index in [0.717, 1.165) is 46.0 Å². The van der Waals surface area contributed by atoms with E-state index in [1.165, 1.54) is 44.5 Å². The quantitative estimate of drug-likeness (QED) is 0.140. The van der Waals surface area contributed by atoms with Gasteiger partial charge in [-0.15, -0.1) is 0 Å². The summed E-state index contributed by atoms with van der Waals surface area (Å²) in [5.74, 6) is 2.88. The molecule has 54 heavy (non-hydrogen) atoms. The summed E-state index contributed by atoms with van der Waals surface area (Å²) in [5.41, 5.74) is 15.1. The number of likely N-dealkylation sites (N-methyl/N-ethyl adjacent to an activating group) is 1. The van der Waals surface area contributed by atoms with Gasteiger partial charge in [0.05, 0.1) is 5.41 Å². The van der Waals surface area contributed by atoms with Crippen molar-refractivity contribution in [2.24, 2.45) is 0 Å². The Kier molecular flexibility index (Phi) is 8.28. The molecule has 2 aliphatic carbocycles. The summed E-state index contributed by atoms with van der Waals surface area (Å²) in [5, 5.41) is 0. The topological polar surface area (TPSA) is 21.7 Å². The molecule has 1 spiro atoms. The van der Waals surface area contributed by atoms with Crippen molar-refractivity contribution in [1.29, 1.82) is 0 Å².